The van der Waals surface area contributed by atoms with Gasteiger partial charge in [-0.3, -0.25) is 0 Å². The molecule has 1 aromatic rings. The molecule has 1 spiro atoms. The quantitative estimate of drug-likeness (QED) is 0.827. The molecular formula is C21H21N3O3. The average molecular weight is 363 g/mol. The van der Waals surface area contributed by atoms with Crippen LogP contribution in [0.25, 0.3) is 5.57 Å². The highest BCUT2D eigenvalue weighted by molar-refractivity contribution is 5.80. The van der Waals surface area contributed by atoms with Gasteiger partial charge in [0.25, 0.3) is 6.02 Å². The van der Waals surface area contributed by atoms with E-state index >= 15 is 0 Å². The number of nitriles is 1. The fraction of sp³-hybridized carbons (Fsp3) is 0.429. The maximum absolute atomic E-state index is 9.21. The lowest BCUT2D eigenvalue weighted by Crippen LogP contribution is -2.62. The van der Waals surface area contributed by atoms with E-state index in [-0.39, 0.29) is 18.2 Å². The minimum Gasteiger partial charge on any atom is -0.462 e. The van der Waals surface area contributed by atoms with Crippen molar-refractivity contribution in [3.05, 3.63) is 53.1 Å². The minimum absolute atomic E-state index is 0.0749. The van der Waals surface area contributed by atoms with E-state index in [2.05, 4.69) is 25.1 Å². The molecule has 4 aliphatic rings. The smallest absolute Gasteiger partial charge is 0.283 e. The first-order chi connectivity index (χ1) is 13.0. The molecule has 2 N–H and O–H groups in total. The van der Waals surface area contributed by atoms with Crippen molar-refractivity contribution in [1.82, 2.24) is 0 Å². The number of nitrogens with zero attached hydrogens (tertiary/aromatic N) is 2. The molecule has 2 fully saturated rings. The number of nitrogens with two attached hydrogens (primary N) is 1. The van der Waals surface area contributed by atoms with Crippen LogP contribution in [0, 0.1) is 11.3 Å². The molecule has 2 saturated heterocycles. The van der Waals surface area contributed by atoms with Crippen LogP contribution in [0.2, 0.25) is 0 Å². The number of hydrogen-bond donors (Lipinski definition) is 1. The molecule has 5 rings (SSSR count). The Hall–Kier alpha value is -2.62. The Labute approximate surface area is 157 Å². The molecule has 1 unspecified atom stereocenters. The van der Waals surface area contributed by atoms with E-state index in [0.717, 1.165) is 29.6 Å². The van der Waals surface area contributed by atoms with Crippen LogP contribution >= 0.6 is 0 Å². The molecule has 6 nitrogen and oxygen atoms in total. The van der Waals surface area contributed by atoms with E-state index in [1.165, 1.54) is 0 Å². The molecule has 0 saturated carbocycles. The predicted molar refractivity (Wildman–Crippen MR) is 99.8 cm³/mol. The topological polar surface area (TPSA) is 89.9 Å². The van der Waals surface area contributed by atoms with Crippen LogP contribution in [0.4, 0.5) is 0 Å². The van der Waals surface area contributed by atoms with Gasteiger partial charge in [-0.1, -0.05) is 24.3 Å². The number of allylic oxidation sites excluding steroid dienone is 2. The molecule has 138 valence electrons. The maximum Gasteiger partial charge on any atom is 0.283 e. The lowest BCUT2D eigenvalue weighted by Gasteiger charge is -2.50. The van der Waals surface area contributed by atoms with Gasteiger partial charge in [0.05, 0.1) is 29.9 Å². The molecule has 3 aliphatic heterocycles. The Kier molecular flexibility index (Phi) is 3.48. The van der Waals surface area contributed by atoms with Gasteiger partial charge in [0.15, 0.2) is 5.54 Å². The highest BCUT2D eigenvalue weighted by Gasteiger charge is 2.63. The summed E-state index contributed by atoms with van der Waals surface area (Å²) in [5, 5.41) is 9.21. The van der Waals surface area contributed by atoms with Gasteiger partial charge in [-0.2, -0.15) is 5.26 Å². The van der Waals surface area contributed by atoms with Crippen molar-refractivity contribution in [2.45, 2.75) is 43.1 Å². The first kappa shape index (κ1) is 16.5. The Morgan fingerprint density at radius 3 is 3.04 bits per heavy atom. The van der Waals surface area contributed by atoms with Crippen LogP contribution in [0.1, 0.15) is 30.9 Å². The molecule has 0 bridgehead atoms. The molecule has 0 amide bonds. The van der Waals surface area contributed by atoms with Crippen molar-refractivity contribution < 1.29 is 14.2 Å². The fourth-order valence-electron chi connectivity index (χ4n) is 4.82. The molecule has 27 heavy (non-hydrogen) atoms. The largest absolute Gasteiger partial charge is 0.462 e. The van der Waals surface area contributed by atoms with Gasteiger partial charge in [0, 0.05) is 6.42 Å². The number of amidine groups is 1. The summed E-state index contributed by atoms with van der Waals surface area (Å²) in [5.41, 5.74) is 8.63. The molecule has 1 aromatic carbocycles. The highest BCUT2D eigenvalue weighted by Crippen LogP contribution is 2.52. The van der Waals surface area contributed by atoms with Crippen LogP contribution in [0.5, 0.6) is 0 Å². The molecule has 0 aromatic heterocycles. The summed E-state index contributed by atoms with van der Waals surface area (Å²) in [4.78, 5) is 4.73. The van der Waals surface area contributed by atoms with Crippen molar-refractivity contribution in [1.29, 1.82) is 5.26 Å². The third-order valence-electron chi connectivity index (χ3n) is 6.07. The summed E-state index contributed by atoms with van der Waals surface area (Å²) < 4.78 is 18.2. The highest BCUT2D eigenvalue weighted by atomic mass is 16.6. The Bertz CT molecular complexity index is 944. The number of rotatable bonds is 1. The Balaban J connectivity index is 1.62. The standard InChI is InChI=1S/C21H21N3O3/c1-20-7-8-25-18(20)21(12-26-19(23)24-21)16-10-15(5-6-17(16)27-20)14-4-2-3-13(9-14)11-22/h2-5,9-10,17-18H,6-8,12H2,1H3,(H2,23,24)/t17?,18-,20+,21+/m0/s1. The number of ether oxygens (including phenoxy) is 3. The van der Waals surface area contributed by atoms with E-state index in [1.54, 1.807) is 0 Å². The zero-order valence-electron chi connectivity index (χ0n) is 15.1. The molecular weight excluding hydrogens is 342 g/mol. The zero-order valence-corrected chi connectivity index (χ0v) is 15.1. The normalized spacial score (nSPS) is 36.8. The van der Waals surface area contributed by atoms with Crippen molar-refractivity contribution in [2.24, 2.45) is 10.7 Å². The molecule has 6 heteroatoms. The zero-order chi connectivity index (χ0) is 18.6. The summed E-state index contributed by atoms with van der Waals surface area (Å²) in [6, 6.07) is 10.0. The number of fused-ring (bicyclic) bond motifs is 4. The van der Waals surface area contributed by atoms with Crippen molar-refractivity contribution in [2.75, 3.05) is 13.2 Å². The number of aliphatic imine (C=N–C) groups is 1. The monoisotopic (exact) mass is 363 g/mol. The summed E-state index contributed by atoms with van der Waals surface area (Å²) in [6.45, 7) is 3.11. The van der Waals surface area contributed by atoms with Gasteiger partial charge in [-0.05, 0) is 42.2 Å². The molecule has 3 heterocycles. The third-order valence-corrected chi connectivity index (χ3v) is 6.07. The third kappa shape index (κ3) is 2.35. The van der Waals surface area contributed by atoms with E-state index in [4.69, 9.17) is 24.9 Å². The van der Waals surface area contributed by atoms with Crippen molar-refractivity contribution >= 4 is 11.6 Å². The SMILES string of the molecule is C[C@@]12CCO[C@@H]1[C@@]1(COC(N)=N1)C1=CC(c3cccc(C#N)c3)=CCC1O2. The lowest BCUT2D eigenvalue weighted by atomic mass is 9.70. The minimum atomic E-state index is -0.648. The predicted octanol–water partition coefficient (Wildman–Crippen LogP) is 2.30. The second kappa shape index (κ2) is 5.69. The number of hydrogen-bond acceptors (Lipinski definition) is 6. The van der Waals surface area contributed by atoms with Gasteiger partial charge in [0.2, 0.25) is 0 Å². The second-order valence-corrected chi connectivity index (χ2v) is 7.77. The van der Waals surface area contributed by atoms with Gasteiger partial charge < -0.3 is 19.9 Å². The van der Waals surface area contributed by atoms with Gasteiger partial charge in [-0.25, -0.2) is 4.99 Å². The van der Waals surface area contributed by atoms with Gasteiger partial charge >= 0.3 is 0 Å². The Morgan fingerprint density at radius 2 is 2.26 bits per heavy atom. The second-order valence-electron chi connectivity index (χ2n) is 7.77. The fourth-order valence-corrected chi connectivity index (χ4v) is 4.82. The van der Waals surface area contributed by atoms with Gasteiger partial charge in [0.1, 0.15) is 12.7 Å². The van der Waals surface area contributed by atoms with Crippen LogP contribution in [0.3, 0.4) is 0 Å². The molecule has 1 aliphatic carbocycles. The van der Waals surface area contributed by atoms with Crippen LogP contribution in [-0.4, -0.2) is 42.6 Å². The summed E-state index contributed by atoms with van der Waals surface area (Å²) in [6.07, 6.45) is 5.57. The van der Waals surface area contributed by atoms with Crippen LogP contribution in [-0.2, 0) is 14.2 Å². The summed E-state index contributed by atoms with van der Waals surface area (Å²) >= 11 is 0. The average Bonchev–Trinajstić information content (AvgIpc) is 3.26. The molecule has 4 atom stereocenters. The lowest BCUT2D eigenvalue weighted by molar-refractivity contribution is -0.157. The van der Waals surface area contributed by atoms with Crippen molar-refractivity contribution in [3.63, 3.8) is 0 Å². The molecule has 0 radical (unpaired) electrons. The van der Waals surface area contributed by atoms with E-state index in [9.17, 15) is 5.26 Å². The summed E-state index contributed by atoms with van der Waals surface area (Å²) in [7, 11) is 0. The van der Waals surface area contributed by atoms with E-state index in [1.807, 2.05) is 24.3 Å². The van der Waals surface area contributed by atoms with Crippen molar-refractivity contribution in [3.8, 4) is 6.07 Å². The maximum atomic E-state index is 9.21. The van der Waals surface area contributed by atoms with Crippen LogP contribution in [0.15, 0.2) is 47.0 Å². The van der Waals surface area contributed by atoms with Gasteiger partial charge in [-0.15, -0.1) is 0 Å². The van der Waals surface area contributed by atoms with E-state index in [0.29, 0.717) is 18.8 Å². The summed E-state index contributed by atoms with van der Waals surface area (Å²) in [5.74, 6) is 0. The number of benzene rings is 1. The first-order valence-corrected chi connectivity index (χ1v) is 9.24. The van der Waals surface area contributed by atoms with E-state index < -0.39 is 11.1 Å². The first-order valence-electron chi connectivity index (χ1n) is 9.24. The van der Waals surface area contributed by atoms with Crippen LogP contribution < -0.4 is 5.73 Å². The Morgan fingerprint density at radius 1 is 1.37 bits per heavy atom.